The number of nitrogens with one attached hydrogen (secondary N) is 1. The van der Waals surface area contributed by atoms with Gasteiger partial charge < -0.3 is 16.2 Å². The van der Waals surface area contributed by atoms with Crippen molar-refractivity contribution in [1.82, 2.24) is 0 Å². The third-order valence-electron chi connectivity index (χ3n) is 1.41. The molecule has 0 saturated carbocycles. The Bertz CT molecular complexity index is 329. The van der Waals surface area contributed by atoms with Gasteiger partial charge in [-0.3, -0.25) is 4.79 Å². The number of rotatable bonds is 1. The number of nitrogens with two attached hydrogens (primary N) is 1. The summed E-state index contributed by atoms with van der Waals surface area (Å²) >= 11 is 0. The van der Waals surface area contributed by atoms with Crippen LogP contribution < -0.4 is 11.1 Å². The summed E-state index contributed by atoms with van der Waals surface area (Å²) in [6.45, 7) is 1.29. The predicted octanol–water partition coefficient (Wildman–Crippen LogP) is 1.07. The van der Waals surface area contributed by atoms with E-state index in [0.717, 1.165) is 6.07 Å². The van der Waals surface area contributed by atoms with Gasteiger partial charge in [-0.05, 0) is 6.07 Å². The van der Waals surface area contributed by atoms with E-state index < -0.39 is 11.6 Å². The molecule has 0 spiro atoms. The summed E-state index contributed by atoms with van der Waals surface area (Å²) in [6, 6.07) is 2.27. The summed E-state index contributed by atoms with van der Waals surface area (Å²) in [5.74, 6) is -1.79. The van der Waals surface area contributed by atoms with Crippen molar-refractivity contribution < 1.29 is 14.3 Å². The second kappa shape index (κ2) is 3.30. The summed E-state index contributed by atoms with van der Waals surface area (Å²) in [5.41, 5.74) is 5.37. The van der Waals surface area contributed by atoms with E-state index in [-0.39, 0.29) is 17.3 Å². The average Bonchev–Trinajstić information content (AvgIpc) is 1.98. The van der Waals surface area contributed by atoms with Crippen LogP contribution in [0.2, 0.25) is 0 Å². The van der Waals surface area contributed by atoms with Gasteiger partial charge in [-0.2, -0.15) is 0 Å². The minimum Gasteiger partial charge on any atom is -0.503 e. The van der Waals surface area contributed by atoms with E-state index in [1.54, 1.807) is 0 Å². The Morgan fingerprint density at radius 3 is 2.69 bits per heavy atom. The zero-order chi connectivity index (χ0) is 10.0. The highest BCUT2D eigenvalue weighted by Crippen LogP contribution is 2.27. The van der Waals surface area contributed by atoms with E-state index in [4.69, 9.17) is 10.8 Å². The minimum atomic E-state index is -0.858. The van der Waals surface area contributed by atoms with Crippen LogP contribution >= 0.6 is 0 Å². The van der Waals surface area contributed by atoms with Gasteiger partial charge in [-0.25, -0.2) is 4.39 Å². The van der Waals surface area contributed by atoms with Gasteiger partial charge in [0.15, 0.2) is 11.6 Å². The van der Waals surface area contributed by atoms with Gasteiger partial charge in [0, 0.05) is 18.7 Å². The van der Waals surface area contributed by atoms with E-state index in [9.17, 15) is 9.18 Å². The number of phenolic OH excluding ortho intramolecular Hbond substituents is 1. The molecule has 1 aromatic carbocycles. The number of anilines is 2. The molecule has 70 valence electrons. The molecule has 0 aliphatic rings. The highest BCUT2D eigenvalue weighted by molar-refractivity contribution is 5.89. The molecule has 0 aliphatic heterocycles. The third-order valence-corrected chi connectivity index (χ3v) is 1.41. The summed E-state index contributed by atoms with van der Waals surface area (Å²) in [7, 11) is 0. The van der Waals surface area contributed by atoms with E-state index in [1.165, 1.54) is 13.0 Å². The Labute approximate surface area is 74.2 Å². The lowest BCUT2D eigenvalue weighted by atomic mass is 10.2. The van der Waals surface area contributed by atoms with Crippen molar-refractivity contribution in [2.45, 2.75) is 6.92 Å². The lowest BCUT2D eigenvalue weighted by Gasteiger charge is -2.05. The normalized spacial score (nSPS) is 9.69. The van der Waals surface area contributed by atoms with Crippen LogP contribution in [0.15, 0.2) is 12.1 Å². The molecular weight excluding hydrogens is 175 g/mol. The first-order valence-electron chi connectivity index (χ1n) is 3.56. The van der Waals surface area contributed by atoms with E-state index in [2.05, 4.69) is 5.32 Å². The molecule has 0 fully saturated rings. The van der Waals surface area contributed by atoms with Gasteiger partial charge in [0.2, 0.25) is 5.91 Å². The van der Waals surface area contributed by atoms with Gasteiger partial charge in [0.05, 0.1) is 5.69 Å². The Balaban J connectivity index is 3.06. The third kappa shape index (κ3) is 2.08. The monoisotopic (exact) mass is 184 g/mol. The van der Waals surface area contributed by atoms with Crippen molar-refractivity contribution in [3.8, 4) is 5.75 Å². The molecule has 0 aliphatic carbocycles. The maximum atomic E-state index is 12.8. The molecule has 1 rings (SSSR count). The van der Waals surface area contributed by atoms with Crippen LogP contribution in [-0.4, -0.2) is 11.0 Å². The van der Waals surface area contributed by atoms with Gasteiger partial charge in [-0.1, -0.05) is 0 Å². The molecule has 0 heterocycles. The van der Waals surface area contributed by atoms with Gasteiger partial charge >= 0.3 is 0 Å². The summed E-state index contributed by atoms with van der Waals surface area (Å²) in [5, 5.41) is 11.3. The molecular formula is C8H9FN2O2. The van der Waals surface area contributed by atoms with Crippen LogP contribution in [0.4, 0.5) is 15.8 Å². The number of phenols is 1. The molecule has 1 amide bonds. The first-order valence-corrected chi connectivity index (χ1v) is 3.56. The maximum absolute atomic E-state index is 12.8. The molecule has 13 heavy (non-hydrogen) atoms. The number of amides is 1. The molecule has 0 aromatic heterocycles. The van der Waals surface area contributed by atoms with Crippen LogP contribution in [0.3, 0.4) is 0 Å². The number of hydrogen-bond donors (Lipinski definition) is 3. The predicted molar refractivity (Wildman–Crippen MR) is 46.8 cm³/mol. The highest BCUT2D eigenvalue weighted by Gasteiger charge is 2.07. The van der Waals surface area contributed by atoms with Crippen LogP contribution in [0.5, 0.6) is 5.75 Å². The Morgan fingerprint density at radius 2 is 2.23 bits per heavy atom. The number of hydrogen-bond acceptors (Lipinski definition) is 3. The second-order valence-corrected chi connectivity index (χ2v) is 2.58. The standard InChI is InChI=1S/C8H9FN2O2/c1-4(12)11-5-2-6(9)8(13)7(10)3-5/h2-3,13H,10H2,1H3,(H,11,12). The molecule has 0 saturated heterocycles. The summed E-state index contributed by atoms with van der Waals surface area (Å²) in [4.78, 5) is 10.6. The Kier molecular flexibility index (Phi) is 2.36. The summed E-state index contributed by atoms with van der Waals surface area (Å²) in [6.07, 6.45) is 0. The molecule has 0 unspecified atom stereocenters. The minimum absolute atomic E-state index is 0.108. The molecule has 4 N–H and O–H groups in total. The average molecular weight is 184 g/mol. The Hall–Kier alpha value is -1.78. The fourth-order valence-corrected chi connectivity index (χ4v) is 0.896. The molecule has 4 nitrogen and oxygen atoms in total. The van der Waals surface area contributed by atoms with Crippen molar-refractivity contribution >= 4 is 17.3 Å². The van der Waals surface area contributed by atoms with Crippen LogP contribution in [0.25, 0.3) is 0 Å². The van der Waals surface area contributed by atoms with Gasteiger partial charge in [0.25, 0.3) is 0 Å². The van der Waals surface area contributed by atoms with Crippen LogP contribution in [0.1, 0.15) is 6.92 Å². The lowest BCUT2D eigenvalue weighted by Crippen LogP contribution is -2.06. The first kappa shape index (κ1) is 9.31. The molecule has 0 atom stereocenters. The van der Waals surface area contributed by atoms with E-state index in [1.807, 2.05) is 0 Å². The summed E-state index contributed by atoms with van der Waals surface area (Å²) < 4.78 is 12.8. The lowest BCUT2D eigenvalue weighted by molar-refractivity contribution is -0.114. The van der Waals surface area contributed by atoms with Crippen molar-refractivity contribution in [3.63, 3.8) is 0 Å². The van der Waals surface area contributed by atoms with Crippen LogP contribution in [0, 0.1) is 5.82 Å². The largest absolute Gasteiger partial charge is 0.503 e. The SMILES string of the molecule is CC(=O)Nc1cc(N)c(O)c(F)c1. The number of nitrogen functional groups attached to an aromatic ring is 1. The Morgan fingerprint density at radius 1 is 1.62 bits per heavy atom. The fraction of sp³-hybridized carbons (Fsp3) is 0.125. The molecule has 0 bridgehead atoms. The van der Waals surface area contributed by atoms with Crippen molar-refractivity contribution in [3.05, 3.63) is 17.9 Å². The zero-order valence-electron chi connectivity index (χ0n) is 6.97. The van der Waals surface area contributed by atoms with E-state index in [0.29, 0.717) is 0 Å². The smallest absolute Gasteiger partial charge is 0.221 e. The van der Waals surface area contributed by atoms with Crippen molar-refractivity contribution in [2.24, 2.45) is 0 Å². The molecule has 5 heteroatoms. The highest BCUT2D eigenvalue weighted by atomic mass is 19.1. The molecule has 1 aromatic rings. The van der Waals surface area contributed by atoms with Crippen molar-refractivity contribution in [2.75, 3.05) is 11.1 Å². The fourth-order valence-electron chi connectivity index (χ4n) is 0.896. The quantitative estimate of drug-likeness (QED) is 0.347. The number of carbonyl (C=O) groups excluding carboxylic acids is 1. The van der Waals surface area contributed by atoms with Crippen LogP contribution in [-0.2, 0) is 4.79 Å². The van der Waals surface area contributed by atoms with Crippen molar-refractivity contribution in [1.29, 1.82) is 0 Å². The van der Waals surface area contributed by atoms with Gasteiger partial charge in [-0.15, -0.1) is 0 Å². The number of benzene rings is 1. The topological polar surface area (TPSA) is 75.4 Å². The number of carbonyl (C=O) groups is 1. The second-order valence-electron chi connectivity index (χ2n) is 2.58. The number of aromatic hydroxyl groups is 1. The zero-order valence-corrected chi connectivity index (χ0v) is 6.97. The first-order chi connectivity index (χ1) is 6.00. The maximum Gasteiger partial charge on any atom is 0.221 e. The van der Waals surface area contributed by atoms with Gasteiger partial charge in [0.1, 0.15) is 0 Å². The van der Waals surface area contributed by atoms with E-state index >= 15 is 0 Å². The molecule has 0 radical (unpaired) electrons. The number of halogens is 1.